The van der Waals surface area contributed by atoms with Crippen molar-refractivity contribution in [2.24, 2.45) is 4.99 Å². The van der Waals surface area contributed by atoms with E-state index in [-0.39, 0.29) is 29.4 Å². The molecule has 1 aromatic carbocycles. The minimum absolute atomic E-state index is 0. The van der Waals surface area contributed by atoms with Crippen molar-refractivity contribution < 1.29 is 9.47 Å². The van der Waals surface area contributed by atoms with Crippen molar-refractivity contribution in [1.82, 2.24) is 10.6 Å². The summed E-state index contributed by atoms with van der Waals surface area (Å²) >= 11 is 0. The van der Waals surface area contributed by atoms with Gasteiger partial charge in [-0.3, -0.25) is 4.99 Å². The van der Waals surface area contributed by atoms with Gasteiger partial charge in [0.2, 0.25) is 0 Å². The Labute approximate surface area is 162 Å². The lowest BCUT2D eigenvalue weighted by Gasteiger charge is -2.38. The minimum atomic E-state index is 0. The van der Waals surface area contributed by atoms with Crippen LogP contribution in [0.1, 0.15) is 37.7 Å². The van der Waals surface area contributed by atoms with Gasteiger partial charge in [-0.25, -0.2) is 0 Å². The molecule has 0 saturated heterocycles. The molecule has 2 rings (SSSR count). The molecule has 0 unspecified atom stereocenters. The Balaban J connectivity index is 0.00000288. The summed E-state index contributed by atoms with van der Waals surface area (Å²) in [7, 11) is 7.05. The van der Waals surface area contributed by atoms with Crippen LogP contribution in [0.3, 0.4) is 0 Å². The molecule has 0 aromatic heterocycles. The highest BCUT2D eigenvalue weighted by Gasteiger charge is 2.34. The third-order valence-electron chi connectivity index (χ3n) is 4.86. The van der Waals surface area contributed by atoms with Crippen LogP contribution in [-0.2, 0) is 5.41 Å². The van der Waals surface area contributed by atoms with Crippen molar-refractivity contribution in [2.45, 2.75) is 37.5 Å². The third-order valence-corrected chi connectivity index (χ3v) is 4.86. The highest BCUT2D eigenvalue weighted by atomic mass is 127. The molecule has 1 aliphatic carbocycles. The van der Waals surface area contributed by atoms with E-state index < -0.39 is 0 Å². The molecular weight excluding hydrogens is 417 g/mol. The molecule has 0 spiro atoms. The van der Waals surface area contributed by atoms with Crippen molar-refractivity contribution in [3.05, 3.63) is 23.8 Å². The van der Waals surface area contributed by atoms with Crippen LogP contribution in [0.15, 0.2) is 23.2 Å². The first-order chi connectivity index (χ1) is 11.2. The van der Waals surface area contributed by atoms with E-state index in [2.05, 4.69) is 27.8 Å². The van der Waals surface area contributed by atoms with E-state index in [0.717, 1.165) is 24.0 Å². The Morgan fingerprint density at radius 1 is 1.12 bits per heavy atom. The van der Waals surface area contributed by atoms with Gasteiger partial charge in [-0.2, -0.15) is 0 Å². The zero-order chi connectivity index (χ0) is 16.7. The molecule has 0 bridgehead atoms. The van der Waals surface area contributed by atoms with Crippen LogP contribution < -0.4 is 20.1 Å². The van der Waals surface area contributed by atoms with E-state index >= 15 is 0 Å². The van der Waals surface area contributed by atoms with Crippen LogP contribution in [0, 0.1) is 0 Å². The van der Waals surface area contributed by atoms with E-state index in [1.54, 1.807) is 21.3 Å². The first-order valence-corrected chi connectivity index (χ1v) is 8.30. The Morgan fingerprint density at radius 3 is 2.33 bits per heavy atom. The number of hydrogen-bond donors (Lipinski definition) is 2. The average molecular weight is 447 g/mol. The molecular formula is C18H30IN3O2. The molecule has 0 radical (unpaired) electrons. The maximum Gasteiger partial charge on any atom is 0.190 e. The van der Waals surface area contributed by atoms with Gasteiger partial charge >= 0.3 is 0 Å². The molecule has 1 fully saturated rings. The van der Waals surface area contributed by atoms with Gasteiger partial charge in [-0.15, -0.1) is 24.0 Å². The smallest absolute Gasteiger partial charge is 0.190 e. The second-order valence-corrected chi connectivity index (χ2v) is 6.09. The Bertz CT molecular complexity index is 543. The molecule has 0 aliphatic heterocycles. The first kappa shape index (κ1) is 20.9. The second-order valence-electron chi connectivity index (χ2n) is 6.09. The molecule has 1 saturated carbocycles. The fourth-order valence-electron chi connectivity index (χ4n) is 3.49. The number of nitrogens with one attached hydrogen (secondary N) is 2. The summed E-state index contributed by atoms with van der Waals surface area (Å²) in [5.74, 6) is 2.41. The van der Waals surface area contributed by atoms with Crippen molar-refractivity contribution >= 4 is 29.9 Å². The molecule has 0 amide bonds. The van der Waals surface area contributed by atoms with Gasteiger partial charge in [-0.05, 0) is 30.5 Å². The van der Waals surface area contributed by atoms with Crippen molar-refractivity contribution in [1.29, 1.82) is 0 Å². The number of benzene rings is 1. The van der Waals surface area contributed by atoms with E-state index in [9.17, 15) is 0 Å². The normalized spacial score (nSPS) is 16.8. The number of hydrogen-bond acceptors (Lipinski definition) is 3. The van der Waals surface area contributed by atoms with Gasteiger partial charge < -0.3 is 20.1 Å². The van der Waals surface area contributed by atoms with Crippen LogP contribution in [0.4, 0.5) is 0 Å². The van der Waals surface area contributed by atoms with Crippen LogP contribution in [0.2, 0.25) is 0 Å². The molecule has 5 nitrogen and oxygen atoms in total. The summed E-state index contributed by atoms with van der Waals surface area (Å²) < 4.78 is 10.9. The summed E-state index contributed by atoms with van der Waals surface area (Å²) in [5, 5.41) is 6.56. The lowest BCUT2D eigenvalue weighted by molar-refractivity contribution is 0.288. The van der Waals surface area contributed by atoms with Gasteiger partial charge in [0.1, 0.15) is 0 Å². The third kappa shape index (κ3) is 4.68. The predicted molar refractivity (Wildman–Crippen MR) is 110 cm³/mol. The van der Waals surface area contributed by atoms with Crippen LogP contribution in [-0.4, -0.2) is 40.8 Å². The number of methoxy groups -OCH3 is 2. The van der Waals surface area contributed by atoms with Gasteiger partial charge in [-0.1, -0.05) is 25.3 Å². The van der Waals surface area contributed by atoms with Gasteiger partial charge in [0.15, 0.2) is 17.5 Å². The first-order valence-electron chi connectivity index (χ1n) is 8.30. The maximum atomic E-state index is 5.50. The van der Waals surface area contributed by atoms with Gasteiger partial charge in [0.05, 0.1) is 14.2 Å². The fourth-order valence-corrected chi connectivity index (χ4v) is 3.49. The van der Waals surface area contributed by atoms with Crippen molar-refractivity contribution in [2.75, 3.05) is 34.9 Å². The number of guanidine groups is 1. The van der Waals surface area contributed by atoms with E-state index in [0.29, 0.717) is 0 Å². The Hall–Kier alpha value is -1.18. The summed E-state index contributed by atoms with van der Waals surface area (Å²) in [6.07, 6.45) is 6.19. The van der Waals surface area contributed by atoms with E-state index in [4.69, 9.17) is 9.47 Å². The van der Waals surface area contributed by atoms with Crippen LogP contribution >= 0.6 is 24.0 Å². The minimum Gasteiger partial charge on any atom is -0.493 e. The number of nitrogens with zero attached hydrogens (tertiary/aromatic N) is 1. The van der Waals surface area contributed by atoms with E-state index in [1.165, 1.54) is 37.7 Å². The number of aliphatic imine (C=N–C) groups is 1. The molecule has 2 N–H and O–H groups in total. The molecule has 136 valence electrons. The topological polar surface area (TPSA) is 54.9 Å². The highest BCUT2D eigenvalue weighted by Crippen LogP contribution is 2.41. The van der Waals surface area contributed by atoms with Crippen LogP contribution in [0.25, 0.3) is 0 Å². The van der Waals surface area contributed by atoms with Gasteiger partial charge in [0, 0.05) is 26.1 Å². The molecule has 0 heterocycles. The quantitative estimate of drug-likeness (QED) is 0.413. The number of rotatable bonds is 5. The summed E-state index contributed by atoms with van der Waals surface area (Å²) in [6.45, 7) is 0.871. The average Bonchev–Trinajstić information content (AvgIpc) is 2.62. The second kappa shape index (κ2) is 9.96. The van der Waals surface area contributed by atoms with Crippen molar-refractivity contribution in [3.8, 4) is 11.5 Å². The molecule has 6 heteroatoms. The molecule has 0 atom stereocenters. The lowest BCUT2D eigenvalue weighted by atomic mass is 9.69. The van der Waals surface area contributed by atoms with Crippen molar-refractivity contribution in [3.63, 3.8) is 0 Å². The Morgan fingerprint density at radius 2 is 1.79 bits per heavy atom. The number of ether oxygens (including phenoxy) is 2. The molecule has 1 aromatic rings. The van der Waals surface area contributed by atoms with Gasteiger partial charge in [0.25, 0.3) is 0 Å². The zero-order valence-corrected chi connectivity index (χ0v) is 17.5. The summed E-state index contributed by atoms with van der Waals surface area (Å²) in [6, 6.07) is 6.32. The monoisotopic (exact) mass is 447 g/mol. The predicted octanol–water partition coefficient (Wildman–Crippen LogP) is 3.32. The van der Waals surface area contributed by atoms with Crippen LogP contribution in [0.5, 0.6) is 11.5 Å². The summed E-state index contributed by atoms with van der Waals surface area (Å²) in [4.78, 5) is 4.23. The summed E-state index contributed by atoms with van der Waals surface area (Å²) in [5.41, 5.74) is 1.43. The zero-order valence-electron chi connectivity index (χ0n) is 15.1. The fraction of sp³-hybridized carbons (Fsp3) is 0.611. The largest absolute Gasteiger partial charge is 0.493 e. The Kier molecular flexibility index (Phi) is 8.66. The molecule has 24 heavy (non-hydrogen) atoms. The molecule has 1 aliphatic rings. The highest BCUT2D eigenvalue weighted by molar-refractivity contribution is 14.0. The lowest BCUT2D eigenvalue weighted by Crippen LogP contribution is -2.45. The number of halogens is 1. The standard InChI is InChI=1S/C18H29N3O2.HI/c1-19-17(20-2)21-13-18(10-6-5-7-11-18)14-8-9-15(22-3)16(12-14)23-4;/h8-9,12H,5-7,10-11,13H2,1-4H3,(H2,19,20,21);1H. The SMILES string of the molecule is CN=C(NC)NCC1(c2ccc(OC)c(OC)c2)CCCCC1.I. The van der Waals surface area contributed by atoms with E-state index in [1.807, 2.05) is 13.1 Å². The maximum absolute atomic E-state index is 5.50.